The van der Waals surface area contributed by atoms with Crippen LogP contribution in [0.15, 0.2) is 35.2 Å². The number of hydrogen-bond donors (Lipinski definition) is 1. The van der Waals surface area contributed by atoms with Crippen LogP contribution in [-0.4, -0.2) is 25.7 Å². The number of anilines is 1. The van der Waals surface area contributed by atoms with E-state index in [1.165, 1.54) is 35.7 Å². The second-order valence-corrected chi connectivity index (χ2v) is 8.94. The van der Waals surface area contributed by atoms with E-state index in [-0.39, 0.29) is 17.3 Å². The molecule has 0 atom stereocenters. The van der Waals surface area contributed by atoms with Crippen LogP contribution in [0.1, 0.15) is 17.4 Å². The van der Waals surface area contributed by atoms with Gasteiger partial charge in [-0.1, -0.05) is 17.7 Å². The highest BCUT2D eigenvalue weighted by atomic mass is 35.5. The monoisotopic (exact) mass is 372 g/mol. The number of aryl methyl sites for hydroxylation is 1. The molecule has 0 radical (unpaired) electrons. The van der Waals surface area contributed by atoms with Crippen molar-refractivity contribution in [3.05, 3.63) is 45.1 Å². The van der Waals surface area contributed by atoms with Crippen molar-refractivity contribution in [3.63, 3.8) is 0 Å². The van der Waals surface area contributed by atoms with E-state index in [1.807, 2.05) is 0 Å². The summed E-state index contributed by atoms with van der Waals surface area (Å²) in [4.78, 5) is 12.2. The van der Waals surface area contributed by atoms with Gasteiger partial charge in [-0.3, -0.25) is 4.79 Å². The van der Waals surface area contributed by atoms with Crippen LogP contribution in [-0.2, 0) is 21.4 Å². The summed E-state index contributed by atoms with van der Waals surface area (Å²) in [5, 5.41) is 2.60. The van der Waals surface area contributed by atoms with Gasteiger partial charge >= 0.3 is 0 Å². The number of carbonyl (C=O) groups is 1. The first kappa shape index (κ1) is 17.9. The maximum atomic E-state index is 12.8. The SMILES string of the molecule is CC(=O)Nc1ccc(C)c(S(=O)(=O)N(C)Cc2ccc(Cl)s2)c1. The highest BCUT2D eigenvalue weighted by molar-refractivity contribution is 7.89. The summed E-state index contributed by atoms with van der Waals surface area (Å²) < 4.78 is 27.5. The first-order valence-electron chi connectivity index (χ1n) is 6.79. The number of halogens is 1. The molecule has 1 heterocycles. The van der Waals surface area contributed by atoms with Gasteiger partial charge < -0.3 is 5.32 Å². The topological polar surface area (TPSA) is 66.5 Å². The van der Waals surface area contributed by atoms with Crippen LogP contribution in [0.4, 0.5) is 5.69 Å². The third kappa shape index (κ3) is 4.32. The first-order valence-corrected chi connectivity index (χ1v) is 9.42. The van der Waals surface area contributed by atoms with Crippen molar-refractivity contribution < 1.29 is 13.2 Å². The molecule has 0 bridgehead atoms. The maximum absolute atomic E-state index is 12.8. The fourth-order valence-corrected chi connectivity index (χ4v) is 4.69. The molecule has 23 heavy (non-hydrogen) atoms. The molecule has 0 spiro atoms. The minimum Gasteiger partial charge on any atom is -0.326 e. The molecule has 2 aromatic rings. The molecular formula is C15H17ClN2O3S2. The normalized spacial score (nSPS) is 11.7. The number of carbonyl (C=O) groups excluding carboxylic acids is 1. The molecule has 0 aliphatic carbocycles. The van der Waals surface area contributed by atoms with Crippen LogP contribution < -0.4 is 5.32 Å². The van der Waals surface area contributed by atoms with Crippen molar-refractivity contribution >= 4 is 44.6 Å². The second-order valence-electron chi connectivity index (χ2n) is 5.13. The van der Waals surface area contributed by atoms with Crippen molar-refractivity contribution in [2.75, 3.05) is 12.4 Å². The van der Waals surface area contributed by atoms with Crippen molar-refractivity contribution in [2.24, 2.45) is 0 Å². The predicted octanol–water partition coefficient (Wildman–Crippen LogP) is 3.49. The Balaban J connectivity index is 2.32. The van der Waals surface area contributed by atoms with E-state index < -0.39 is 10.0 Å². The standard InChI is InChI=1S/C15H17ClN2O3S2/c1-10-4-5-12(17-11(2)19)8-14(10)23(20,21)18(3)9-13-6-7-15(16)22-13/h4-8H,9H2,1-3H3,(H,17,19). The molecular weight excluding hydrogens is 356 g/mol. The van der Waals surface area contributed by atoms with Gasteiger partial charge in [0.2, 0.25) is 15.9 Å². The zero-order valence-corrected chi connectivity index (χ0v) is 15.3. The summed E-state index contributed by atoms with van der Waals surface area (Å²) in [7, 11) is -2.15. The van der Waals surface area contributed by atoms with Gasteiger partial charge in [0.25, 0.3) is 0 Å². The number of sulfonamides is 1. The highest BCUT2D eigenvalue weighted by Gasteiger charge is 2.24. The molecule has 8 heteroatoms. The molecule has 0 fully saturated rings. The lowest BCUT2D eigenvalue weighted by molar-refractivity contribution is -0.114. The fraction of sp³-hybridized carbons (Fsp3) is 0.267. The number of benzene rings is 1. The summed E-state index contributed by atoms with van der Waals surface area (Å²) in [6.07, 6.45) is 0. The second kappa shape index (κ2) is 7.00. The maximum Gasteiger partial charge on any atom is 0.243 e. The minimum atomic E-state index is -3.67. The zero-order valence-electron chi connectivity index (χ0n) is 13.0. The summed E-state index contributed by atoms with van der Waals surface area (Å²) in [5.74, 6) is -0.251. The molecule has 1 aromatic heterocycles. The molecule has 2 rings (SSSR count). The van der Waals surface area contributed by atoms with Crippen molar-refractivity contribution in [2.45, 2.75) is 25.3 Å². The molecule has 0 saturated carbocycles. The zero-order chi connectivity index (χ0) is 17.2. The van der Waals surface area contributed by atoms with Crippen molar-refractivity contribution in [3.8, 4) is 0 Å². The molecule has 124 valence electrons. The third-order valence-corrected chi connectivity index (χ3v) is 6.37. The van der Waals surface area contributed by atoms with E-state index in [0.29, 0.717) is 15.6 Å². The van der Waals surface area contributed by atoms with E-state index in [0.717, 1.165) is 4.88 Å². The Kier molecular flexibility index (Phi) is 5.46. The summed E-state index contributed by atoms with van der Waals surface area (Å²) in [6.45, 7) is 3.34. The molecule has 1 aromatic carbocycles. The Morgan fingerprint density at radius 3 is 2.57 bits per heavy atom. The number of hydrogen-bond acceptors (Lipinski definition) is 4. The lowest BCUT2D eigenvalue weighted by atomic mass is 10.2. The van der Waals surface area contributed by atoms with Crippen LogP contribution in [0.2, 0.25) is 4.34 Å². The smallest absolute Gasteiger partial charge is 0.243 e. The van der Waals surface area contributed by atoms with Gasteiger partial charge in [0, 0.05) is 31.1 Å². The van der Waals surface area contributed by atoms with Gasteiger partial charge in [0.15, 0.2) is 0 Å². The van der Waals surface area contributed by atoms with E-state index >= 15 is 0 Å². The Morgan fingerprint density at radius 1 is 1.30 bits per heavy atom. The van der Waals surface area contributed by atoms with Gasteiger partial charge in [0.1, 0.15) is 0 Å². The minimum absolute atomic E-state index is 0.175. The average molecular weight is 373 g/mol. The van der Waals surface area contributed by atoms with E-state index in [1.54, 1.807) is 31.2 Å². The van der Waals surface area contributed by atoms with Crippen LogP contribution in [0.5, 0.6) is 0 Å². The van der Waals surface area contributed by atoms with Crippen molar-refractivity contribution in [1.82, 2.24) is 4.31 Å². The van der Waals surface area contributed by atoms with Gasteiger partial charge in [0.05, 0.1) is 9.23 Å². The number of thiophene rings is 1. The van der Waals surface area contributed by atoms with Crippen LogP contribution in [0.3, 0.4) is 0 Å². The lowest BCUT2D eigenvalue weighted by Gasteiger charge is -2.18. The van der Waals surface area contributed by atoms with Crippen LogP contribution >= 0.6 is 22.9 Å². The van der Waals surface area contributed by atoms with E-state index in [4.69, 9.17) is 11.6 Å². The molecule has 0 aliphatic rings. The van der Waals surface area contributed by atoms with Crippen LogP contribution in [0, 0.1) is 6.92 Å². The average Bonchev–Trinajstić information content (AvgIpc) is 2.85. The van der Waals surface area contributed by atoms with E-state index in [2.05, 4.69) is 5.32 Å². The Bertz CT molecular complexity index is 831. The molecule has 1 N–H and O–H groups in total. The predicted molar refractivity (Wildman–Crippen MR) is 93.5 cm³/mol. The molecule has 1 amide bonds. The number of amides is 1. The largest absolute Gasteiger partial charge is 0.326 e. The summed E-state index contributed by atoms with van der Waals surface area (Å²) in [6, 6.07) is 8.37. The number of rotatable bonds is 5. The van der Waals surface area contributed by atoms with Crippen molar-refractivity contribution in [1.29, 1.82) is 0 Å². The first-order chi connectivity index (χ1) is 10.7. The Labute approximate surface area is 144 Å². The summed E-state index contributed by atoms with van der Waals surface area (Å²) in [5.41, 5.74) is 1.07. The molecule has 5 nitrogen and oxygen atoms in total. The lowest BCUT2D eigenvalue weighted by Crippen LogP contribution is -2.27. The number of nitrogens with zero attached hydrogens (tertiary/aromatic N) is 1. The van der Waals surface area contributed by atoms with Gasteiger partial charge in [-0.15, -0.1) is 11.3 Å². The fourth-order valence-electron chi connectivity index (χ4n) is 2.07. The molecule has 0 saturated heterocycles. The van der Waals surface area contributed by atoms with Gasteiger partial charge in [-0.2, -0.15) is 4.31 Å². The highest BCUT2D eigenvalue weighted by Crippen LogP contribution is 2.27. The van der Waals surface area contributed by atoms with Gasteiger partial charge in [-0.05, 0) is 36.8 Å². The third-order valence-electron chi connectivity index (χ3n) is 3.20. The number of nitrogens with one attached hydrogen (secondary N) is 1. The molecule has 0 unspecified atom stereocenters. The summed E-state index contributed by atoms with van der Waals surface area (Å²) >= 11 is 7.23. The molecule has 0 aliphatic heterocycles. The Morgan fingerprint density at radius 2 is 2.00 bits per heavy atom. The van der Waals surface area contributed by atoms with Crippen LogP contribution in [0.25, 0.3) is 0 Å². The quantitative estimate of drug-likeness (QED) is 0.873. The van der Waals surface area contributed by atoms with E-state index in [9.17, 15) is 13.2 Å². The van der Waals surface area contributed by atoms with Gasteiger partial charge in [-0.25, -0.2) is 8.42 Å². The Hall–Kier alpha value is -1.41.